The summed E-state index contributed by atoms with van der Waals surface area (Å²) in [6.07, 6.45) is 1.37. The molecule has 8 heteroatoms. The minimum absolute atomic E-state index is 0.133. The van der Waals surface area contributed by atoms with Crippen molar-refractivity contribution in [1.29, 1.82) is 0 Å². The topological polar surface area (TPSA) is 78.5 Å². The molecule has 0 spiro atoms. The second-order valence-corrected chi connectivity index (χ2v) is 7.81. The maximum Gasteiger partial charge on any atom is 0.270 e. The summed E-state index contributed by atoms with van der Waals surface area (Å²) < 4.78 is 0.638. The molecule has 3 amide bonds. The molecule has 1 atom stereocenters. The fraction of sp³-hybridized carbons (Fsp3) is 0.250. The first-order chi connectivity index (χ1) is 13.5. The number of carbonyl (C=O) groups excluding carboxylic acids is 3. The number of nitrogens with one attached hydrogen (secondary N) is 2. The van der Waals surface area contributed by atoms with E-state index < -0.39 is 5.91 Å². The van der Waals surface area contributed by atoms with E-state index in [1.165, 1.54) is 0 Å². The lowest BCUT2D eigenvalue weighted by atomic mass is 9.96. The van der Waals surface area contributed by atoms with Crippen LogP contribution in [0.3, 0.4) is 0 Å². The molecule has 1 heterocycles. The normalized spacial score (nSPS) is 16.4. The van der Waals surface area contributed by atoms with E-state index in [4.69, 9.17) is 11.6 Å². The molecule has 0 unspecified atom stereocenters. The van der Waals surface area contributed by atoms with Crippen molar-refractivity contribution in [3.05, 3.63) is 69.2 Å². The van der Waals surface area contributed by atoms with Crippen molar-refractivity contribution in [1.82, 2.24) is 15.8 Å². The average Bonchev–Trinajstić information content (AvgIpc) is 2.72. The quantitative estimate of drug-likeness (QED) is 0.683. The van der Waals surface area contributed by atoms with Crippen molar-refractivity contribution in [3.63, 3.8) is 0 Å². The van der Waals surface area contributed by atoms with Gasteiger partial charge >= 0.3 is 0 Å². The Hall–Kier alpha value is -2.38. The molecule has 0 bridgehead atoms. The van der Waals surface area contributed by atoms with Crippen molar-refractivity contribution in [3.8, 4) is 0 Å². The predicted molar refractivity (Wildman–Crippen MR) is 110 cm³/mol. The van der Waals surface area contributed by atoms with Crippen molar-refractivity contribution in [2.24, 2.45) is 5.92 Å². The number of piperidine rings is 1. The highest BCUT2D eigenvalue weighted by Crippen LogP contribution is 2.20. The fourth-order valence-electron chi connectivity index (χ4n) is 3.08. The summed E-state index contributed by atoms with van der Waals surface area (Å²) in [5.74, 6) is -1.24. The number of amides is 3. The molecule has 2 aromatic rings. The summed E-state index contributed by atoms with van der Waals surface area (Å²) >= 11 is 9.17. The van der Waals surface area contributed by atoms with Crippen LogP contribution in [0.25, 0.3) is 0 Å². The molecule has 0 saturated carbocycles. The van der Waals surface area contributed by atoms with Crippen LogP contribution in [0.5, 0.6) is 0 Å². The first-order valence-corrected chi connectivity index (χ1v) is 10.0. The average molecular weight is 465 g/mol. The van der Waals surface area contributed by atoms with E-state index in [0.29, 0.717) is 40.1 Å². The van der Waals surface area contributed by atoms with Gasteiger partial charge in [-0.3, -0.25) is 25.2 Å². The molecule has 2 aromatic carbocycles. The van der Waals surface area contributed by atoms with Crippen LogP contribution in [0, 0.1) is 5.92 Å². The lowest BCUT2D eigenvalue weighted by Gasteiger charge is -2.32. The van der Waals surface area contributed by atoms with Crippen LogP contribution in [-0.4, -0.2) is 35.7 Å². The summed E-state index contributed by atoms with van der Waals surface area (Å²) in [5.41, 5.74) is 5.86. The van der Waals surface area contributed by atoms with Crippen LogP contribution in [0.1, 0.15) is 33.6 Å². The van der Waals surface area contributed by atoms with Crippen molar-refractivity contribution >= 4 is 45.3 Å². The molecule has 146 valence electrons. The molecule has 2 N–H and O–H groups in total. The Bertz CT molecular complexity index is 889. The van der Waals surface area contributed by atoms with Gasteiger partial charge in [-0.1, -0.05) is 23.7 Å². The third-order valence-electron chi connectivity index (χ3n) is 4.59. The third kappa shape index (κ3) is 4.91. The van der Waals surface area contributed by atoms with Crippen LogP contribution in [-0.2, 0) is 4.79 Å². The number of likely N-dealkylation sites (tertiary alicyclic amines) is 1. The van der Waals surface area contributed by atoms with E-state index in [1.807, 2.05) is 0 Å². The molecular formula is C20H19BrClN3O3. The monoisotopic (exact) mass is 463 g/mol. The van der Waals surface area contributed by atoms with Gasteiger partial charge in [0.15, 0.2) is 0 Å². The molecule has 6 nitrogen and oxygen atoms in total. The van der Waals surface area contributed by atoms with Crippen LogP contribution in [0.4, 0.5) is 0 Å². The molecule has 1 aliphatic heterocycles. The minimum Gasteiger partial charge on any atom is -0.338 e. The number of rotatable bonds is 3. The highest BCUT2D eigenvalue weighted by atomic mass is 79.9. The van der Waals surface area contributed by atoms with Gasteiger partial charge in [0, 0.05) is 28.1 Å². The van der Waals surface area contributed by atoms with Gasteiger partial charge in [0.2, 0.25) is 5.91 Å². The molecule has 28 heavy (non-hydrogen) atoms. The Morgan fingerprint density at radius 3 is 2.46 bits per heavy atom. The first kappa shape index (κ1) is 20.4. The van der Waals surface area contributed by atoms with Gasteiger partial charge in [-0.15, -0.1) is 0 Å². The molecule has 1 aliphatic rings. The first-order valence-electron chi connectivity index (χ1n) is 8.85. The van der Waals surface area contributed by atoms with E-state index in [9.17, 15) is 14.4 Å². The Morgan fingerprint density at radius 2 is 1.75 bits per heavy atom. The lowest BCUT2D eigenvalue weighted by Crippen LogP contribution is -2.50. The maximum absolute atomic E-state index is 12.6. The van der Waals surface area contributed by atoms with Crippen LogP contribution >= 0.6 is 27.5 Å². The summed E-state index contributed by atoms with van der Waals surface area (Å²) in [6.45, 7) is 0.896. The largest absolute Gasteiger partial charge is 0.338 e. The number of benzene rings is 2. The van der Waals surface area contributed by atoms with Gasteiger partial charge in [-0.2, -0.15) is 0 Å². The Balaban J connectivity index is 1.57. The van der Waals surface area contributed by atoms with Crippen LogP contribution in [0.2, 0.25) is 5.02 Å². The van der Waals surface area contributed by atoms with Gasteiger partial charge < -0.3 is 4.90 Å². The number of hydrogen-bond acceptors (Lipinski definition) is 3. The molecule has 1 saturated heterocycles. The smallest absolute Gasteiger partial charge is 0.270 e. The fourth-order valence-corrected chi connectivity index (χ4v) is 3.67. The summed E-state index contributed by atoms with van der Waals surface area (Å²) in [7, 11) is 0. The number of halogens is 2. The van der Waals surface area contributed by atoms with E-state index >= 15 is 0 Å². The van der Waals surface area contributed by atoms with E-state index in [2.05, 4.69) is 26.8 Å². The summed E-state index contributed by atoms with van der Waals surface area (Å²) in [5, 5.41) is 0.563. The van der Waals surface area contributed by atoms with Gasteiger partial charge in [-0.05, 0) is 65.2 Å². The molecule has 0 aromatic heterocycles. The second-order valence-electron chi connectivity index (χ2n) is 6.52. The highest BCUT2D eigenvalue weighted by Gasteiger charge is 2.29. The van der Waals surface area contributed by atoms with Crippen molar-refractivity contribution in [2.75, 3.05) is 13.1 Å². The lowest BCUT2D eigenvalue weighted by molar-refractivity contribution is -0.127. The Morgan fingerprint density at radius 1 is 1.04 bits per heavy atom. The van der Waals surface area contributed by atoms with Crippen molar-refractivity contribution < 1.29 is 14.4 Å². The number of hydrogen-bond donors (Lipinski definition) is 2. The van der Waals surface area contributed by atoms with E-state index in [-0.39, 0.29) is 17.7 Å². The zero-order chi connectivity index (χ0) is 20.1. The highest BCUT2D eigenvalue weighted by molar-refractivity contribution is 9.10. The van der Waals surface area contributed by atoms with Crippen LogP contribution in [0.15, 0.2) is 53.0 Å². The number of carbonyl (C=O) groups is 3. The number of nitrogens with zero attached hydrogens (tertiary/aromatic N) is 1. The van der Waals surface area contributed by atoms with Gasteiger partial charge in [0.1, 0.15) is 0 Å². The summed E-state index contributed by atoms with van der Waals surface area (Å²) in [6, 6.07) is 13.6. The van der Waals surface area contributed by atoms with Crippen molar-refractivity contribution in [2.45, 2.75) is 12.8 Å². The second kappa shape index (κ2) is 9.21. The van der Waals surface area contributed by atoms with E-state index in [1.54, 1.807) is 53.4 Å². The standard InChI is InChI=1S/C20H19BrClN3O3/c21-17-6-2-1-5-16(17)19(27)24-23-18(26)14-4-3-11-25(12-14)20(28)13-7-9-15(22)10-8-13/h1-2,5-10,14H,3-4,11-12H2,(H,23,26)(H,24,27)/t14-/m0/s1. The molecule has 3 rings (SSSR count). The zero-order valence-corrected chi connectivity index (χ0v) is 17.3. The Labute approximate surface area is 176 Å². The van der Waals surface area contributed by atoms with Gasteiger partial charge in [-0.25, -0.2) is 0 Å². The third-order valence-corrected chi connectivity index (χ3v) is 5.53. The van der Waals surface area contributed by atoms with Crippen LogP contribution < -0.4 is 10.9 Å². The maximum atomic E-state index is 12.6. The van der Waals surface area contributed by atoms with Gasteiger partial charge in [0.25, 0.3) is 11.8 Å². The van der Waals surface area contributed by atoms with Gasteiger partial charge in [0.05, 0.1) is 11.5 Å². The van der Waals surface area contributed by atoms with E-state index in [0.717, 1.165) is 6.42 Å². The summed E-state index contributed by atoms with van der Waals surface area (Å²) in [4.78, 5) is 39.0. The SMILES string of the molecule is O=C(NNC(=O)[C@H]1CCCN(C(=O)c2ccc(Cl)cc2)C1)c1ccccc1Br. The predicted octanol–water partition coefficient (Wildman–Crippen LogP) is 3.42. The molecule has 1 fully saturated rings. The molecule has 0 aliphatic carbocycles. The molecular weight excluding hydrogens is 446 g/mol. The number of hydrazine groups is 1. The minimum atomic E-state index is -0.411. The zero-order valence-electron chi connectivity index (χ0n) is 15.0. The molecule has 0 radical (unpaired) electrons. The Kier molecular flexibility index (Phi) is 6.70.